The predicted molar refractivity (Wildman–Crippen MR) is 131 cm³/mol. The van der Waals surface area contributed by atoms with Gasteiger partial charge in [0.2, 0.25) is 0 Å². The molecule has 0 spiro atoms. The molecule has 1 N–H and O–H groups in total. The van der Waals surface area contributed by atoms with Crippen molar-refractivity contribution in [1.29, 1.82) is 0 Å². The summed E-state index contributed by atoms with van der Waals surface area (Å²) >= 11 is 0. The summed E-state index contributed by atoms with van der Waals surface area (Å²) in [6.07, 6.45) is 3.40. The number of hydrogen-bond donors (Lipinski definition) is 1. The van der Waals surface area contributed by atoms with Gasteiger partial charge in [-0.3, -0.25) is 9.59 Å². The maximum absolute atomic E-state index is 13.7. The standard InChI is InChI=1S/C29H36O6/c1-16-12-23-25(35-27(32)20-10-8-7-9-11-20)18(3)15-29(23,33)26(31)17(2)13-21-22(28(21,5)6)14-24(16)34-19(4)30/h7-13,18,21-25,33H,14-15H2,1-6H3/b16-12?,17-13+/t18-,21-,22+,23-,24+,25-,29-/m0/s1. The molecular formula is C29H36O6. The van der Waals surface area contributed by atoms with Crippen LogP contribution in [0.3, 0.4) is 0 Å². The molecule has 1 aromatic rings. The fourth-order valence-corrected chi connectivity index (χ4v) is 6.20. The molecule has 0 saturated heterocycles. The highest BCUT2D eigenvalue weighted by molar-refractivity contribution is 6.02. The summed E-state index contributed by atoms with van der Waals surface area (Å²) < 4.78 is 11.6. The van der Waals surface area contributed by atoms with E-state index in [0.717, 1.165) is 5.57 Å². The van der Waals surface area contributed by atoms with Gasteiger partial charge in [-0.25, -0.2) is 4.79 Å². The van der Waals surface area contributed by atoms with Crippen molar-refractivity contribution in [3.63, 3.8) is 0 Å². The van der Waals surface area contributed by atoms with Crippen LogP contribution in [0.4, 0.5) is 0 Å². The molecule has 0 radical (unpaired) electrons. The highest BCUT2D eigenvalue weighted by Crippen LogP contribution is 2.62. The number of allylic oxidation sites excluding steroid dienone is 1. The largest absolute Gasteiger partial charge is 0.458 e. The molecule has 3 aliphatic carbocycles. The van der Waals surface area contributed by atoms with Gasteiger partial charge in [0.15, 0.2) is 5.78 Å². The van der Waals surface area contributed by atoms with Gasteiger partial charge in [-0.15, -0.1) is 0 Å². The maximum Gasteiger partial charge on any atom is 0.338 e. The maximum atomic E-state index is 13.7. The number of carbonyl (C=O) groups excluding carboxylic acids is 3. The number of carbonyl (C=O) groups is 3. The van der Waals surface area contributed by atoms with Crippen LogP contribution in [0.1, 0.15) is 64.7 Å². The molecule has 2 saturated carbocycles. The van der Waals surface area contributed by atoms with E-state index in [2.05, 4.69) is 13.8 Å². The van der Waals surface area contributed by atoms with Crippen LogP contribution in [0.25, 0.3) is 0 Å². The lowest BCUT2D eigenvalue weighted by atomic mass is 9.81. The molecular weight excluding hydrogens is 444 g/mol. The monoisotopic (exact) mass is 480 g/mol. The van der Waals surface area contributed by atoms with Crippen LogP contribution in [0.2, 0.25) is 0 Å². The van der Waals surface area contributed by atoms with E-state index in [-0.39, 0.29) is 41.3 Å². The summed E-state index contributed by atoms with van der Waals surface area (Å²) in [5, 5.41) is 11.9. The number of benzene rings is 1. The lowest BCUT2D eigenvalue weighted by Crippen LogP contribution is -2.45. The van der Waals surface area contributed by atoms with Gasteiger partial charge in [-0.1, -0.05) is 51.1 Å². The molecule has 0 aromatic heterocycles. The molecule has 188 valence electrons. The molecule has 6 heteroatoms. The molecule has 0 unspecified atom stereocenters. The molecule has 0 amide bonds. The van der Waals surface area contributed by atoms with Crippen LogP contribution >= 0.6 is 0 Å². The lowest BCUT2D eigenvalue weighted by molar-refractivity contribution is -0.145. The summed E-state index contributed by atoms with van der Waals surface area (Å²) in [7, 11) is 0. The third-order valence-corrected chi connectivity index (χ3v) is 8.40. The number of rotatable bonds is 3. The molecule has 6 nitrogen and oxygen atoms in total. The van der Waals surface area contributed by atoms with E-state index in [1.54, 1.807) is 37.3 Å². The van der Waals surface area contributed by atoms with Crippen LogP contribution in [-0.4, -0.2) is 40.6 Å². The van der Waals surface area contributed by atoms with E-state index in [4.69, 9.17) is 9.47 Å². The molecule has 7 atom stereocenters. The second kappa shape index (κ2) is 9.05. The Morgan fingerprint density at radius 1 is 1.03 bits per heavy atom. The lowest BCUT2D eigenvalue weighted by Gasteiger charge is -2.31. The molecule has 4 rings (SSSR count). The minimum Gasteiger partial charge on any atom is -0.458 e. The van der Waals surface area contributed by atoms with Crippen LogP contribution in [0.15, 0.2) is 53.6 Å². The molecule has 1 aromatic carbocycles. The highest BCUT2D eigenvalue weighted by Gasteiger charge is 2.60. The topological polar surface area (TPSA) is 89.9 Å². The quantitative estimate of drug-likeness (QED) is 0.500. The van der Waals surface area contributed by atoms with Gasteiger partial charge in [-0.2, -0.15) is 0 Å². The number of Topliss-reactive ketones (excluding diaryl/α,β-unsaturated/α-hetero) is 1. The van der Waals surface area contributed by atoms with E-state index in [0.29, 0.717) is 17.6 Å². The minimum absolute atomic E-state index is 0.0296. The summed E-state index contributed by atoms with van der Waals surface area (Å²) in [4.78, 5) is 38.6. The Labute approximate surface area is 207 Å². The second-order valence-electron chi connectivity index (χ2n) is 11.2. The summed E-state index contributed by atoms with van der Waals surface area (Å²) in [5.41, 5.74) is -0.0552. The number of fused-ring (bicyclic) bond motifs is 2. The van der Waals surface area contributed by atoms with Crippen LogP contribution in [0, 0.1) is 29.1 Å². The van der Waals surface area contributed by atoms with Crippen molar-refractivity contribution in [1.82, 2.24) is 0 Å². The van der Waals surface area contributed by atoms with E-state index in [9.17, 15) is 19.5 Å². The van der Waals surface area contributed by atoms with Gasteiger partial charge in [-0.05, 0) is 73.1 Å². The second-order valence-corrected chi connectivity index (χ2v) is 11.2. The fraction of sp³-hybridized carbons (Fsp3) is 0.552. The van der Waals surface area contributed by atoms with Crippen LogP contribution in [-0.2, 0) is 19.1 Å². The first-order valence-corrected chi connectivity index (χ1v) is 12.4. The zero-order valence-electron chi connectivity index (χ0n) is 21.4. The number of hydrogen-bond acceptors (Lipinski definition) is 6. The molecule has 2 fully saturated rings. The van der Waals surface area contributed by atoms with Crippen LogP contribution < -0.4 is 0 Å². The summed E-state index contributed by atoms with van der Waals surface area (Å²) in [6, 6.07) is 8.69. The molecule has 0 bridgehead atoms. The number of esters is 2. The average molecular weight is 481 g/mol. The van der Waals surface area contributed by atoms with Crippen LogP contribution in [0.5, 0.6) is 0 Å². The van der Waals surface area contributed by atoms with Crippen molar-refractivity contribution in [2.45, 2.75) is 72.2 Å². The van der Waals surface area contributed by atoms with E-state index in [1.807, 2.05) is 26.0 Å². The minimum atomic E-state index is -1.72. The molecule has 0 heterocycles. The van der Waals surface area contributed by atoms with Crippen molar-refractivity contribution >= 4 is 17.7 Å². The average Bonchev–Trinajstić information content (AvgIpc) is 3.20. The first-order chi connectivity index (χ1) is 16.4. The Balaban J connectivity index is 1.76. The van der Waals surface area contributed by atoms with Crippen molar-refractivity contribution < 1.29 is 29.0 Å². The Bertz CT molecular complexity index is 1080. The SMILES string of the molecule is CC(=O)O[C@@H]1C[C@@H]2[C@H](/C=C(\C)C(=O)[C@]3(O)C[C@H](C)[C@H](OC(=O)c4ccccc4)[C@@H]3C=C1C)C2(C)C. The molecule has 35 heavy (non-hydrogen) atoms. The normalized spacial score (nSPS) is 37.5. The smallest absolute Gasteiger partial charge is 0.338 e. The Kier molecular flexibility index (Phi) is 6.56. The van der Waals surface area contributed by atoms with Gasteiger partial charge in [0.05, 0.1) is 11.5 Å². The third kappa shape index (κ3) is 4.61. The summed E-state index contributed by atoms with van der Waals surface area (Å²) in [6.45, 7) is 11.2. The fourth-order valence-electron chi connectivity index (χ4n) is 6.20. The van der Waals surface area contributed by atoms with Crippen molar-refractivity contribution in [3.05, 3.63) is 59.2 Å². The van der Waals surface area contributed by atoms with Crippen molar-refractivity contribution in [2.75, 3.05) is 0 Å². The third-order valence-electron chi connectivity index (χ3n) is 8.40. The summed E-state index contributed by atoms with van der Waals surface area (Å²) in [5.74, 6) is -1.81. The van der Waals surface area contributed by atoms with E-state index >= 15 is 0 Å². The van der Waals surface area contributed by atoms with E-state index in [1.165, 1.54) is 6.92 Å². The number of ether oxygens (including phenoxy) is 2. The Hall–Kier alpha value is -2.73. The zero-order chi connectivity index (χ0) is 25.7. The molecule has 0 aliphatic heterocycles. The van der Waals surface area contributed by atoms with E-state index < -0.39 is 29.7 Å². The Morgan fingerprint density at radius 3 is 2.31 bits per heavy atom. The predicted octanol–water partition coefficient (Wildman–Crippen LogP) is 4.67. The molecule has 3 aliphatic rings. The number of ketones is 1. The van der Waals surface area contributed by atoms with Crippen molar-refractivity contribution in [3.8, 4) is 0 Å². The van der Waals surface area contributed by atoms with Gasteiger partial charge in [0.1, 0.15) is 17.8 Å². The van der Waals surface area contributed by atoms with Gasteiger partial charge in [0.25, 0.3) is 0 Å². The van der Waals surface area contributed by atoms with Gasteiger partial charge < -0.3 is 14.6 Å². The van der Waals surface area contributed by atoms with Gasteiger partial charge in [0, 0.05) is 6.92 Å². The number of aliphatic hydroxyl groups is 1. The van der Waals surface area contributed by atoms with Gasteiger partial charge >= 0.3 is 11.9 Å². The first-order valence-electron chi connectivity index (χ1n) is 12.4. The highest BCUT2D eigenvalue weighted by atomic mass is 16.5. The Morgan fingerprint density at radius 2 is 1.69 bits per heavy atom. The van der Waals surface area contributed by atoms with Crippen molar-refractivity contribution in [2.24, 2.45) is 29.1 Å². The zero-order valence-corrected chi connectivity index (χ0v) is 21.4. The first kappa shape index (κ1) is 25.4.